The molecular formula is C24H19N3O4. The van der Waals surface area contributed by atoms with Gasteiger partial charge in [0.25, 0.3) is 11.5 Å². The van der Waals surface area contributed by atoms with Crippen LogP contribution in [-0.4, -0.2) is 17.0 Å². The number of aromatic nitrogens is 1. The number of nitriles is 1. The molecule has 2 heterocycles. The van der Waals surface area contributed by atoms with Gasteiger partial charge in [0.1, 0.15) is 0 Å². The number of H-pyrrole nitrogens is 1. The number of carbonyl (C=O) groups excluding carboxylic acids is 2. The van der Waals surface area contributed by atoms with Crippen LogP contribution in [0.25, 0.3) is 22.0 Å². The zero-order valence-corrected chi connectivity index (χ0v) is 16.9. The smallest absolute Gasteiger partial charge is 0.404 e. The van der Waals surface area contributed by atoms with Crippen molar-refractivity contribution in [3.05, 3.63) is 81.8 Å². The van der Waals surface area contributed by atoms with E-state index in [2.05, 4.69) is 16.4 Å². The van der Waals surface area contributed by atoms with Gasteiger partial charge in [0.15, 0.2) is 5.76 Å². The molecule has 1 saturated heterocycles. The summed E-state index contributed by atoms with van der Waals surface area (Å²) in [6, 6.07) is 16.9. The Balaban J connectivity index is 1.74. The molecule has 1 aromatic heterocycles. The average Bonchev–Trinajstić information content (AvgIpc) is 3.07. The van der Waals surface area contributed by atoms with E-state index in [1.807, 2.05) is 44.2 Å². The quantitative estimate of drug-likeness (QED) is 0.629. The topological polar surface area (TPSA) is 112 Å². The summed E-state index contributed by atoms with van der Waals surface area (Å²) in [7, 11) is 0. The molecule has 4 rings (SSSR count). The second-order valence-corrected chi connectivity index (χ2v) is 7.65. The number of carbonyl (C=O) groups is 2. The van der Waals surface area contributed by atoms with Gasteiger partial charge in [0.05, 0.1) is 11.6 Å². The van der Waals surface area contributed by atoms with Gasteiger partial charge in [-0.3, -0.25) is 14.9 Å². The molecule has 3 aromatic rings. The van der Waals surface area contributed by atoms with Gasteiger partial charge in [0, 0.05) is 22.6 Å². The molecule has 2 N–H and O–H groups in total. The molecule has 0 bridgehead atoms. The number of benzene rings is 2. The summed E-state index contributed by atoms with van der Waals surface area (Å²) in [4.78, 5) is 38.9. The number of nitrogens with one attached hydrogen (secondary N) is 2. The van der Waals surface area contributed by atoms with Gasteiger partial charge in [0.2, 0.25) is 0 Å². The van der Waals surface area contributed by atoms with Crippen molar-refractivity contribution in [2.45, 2.75) is 19.8 Å². The Morgan fingerprint density at radius 2 is 1.87 bits per heavy atom. The van der Waals surface area contributed by atoms with Crippen molar-refractivity contribution < 1.29 is 14.3 Å². The van der Waals surface area contributed by atoms with Crippen LogP contribution in [0.15, 0.2) is 65.2 Å². The van der Waals surface area contributed by atoms with Crippen molar-refractivity contribution in [2.75, 3.05) is 0 Å². The van der Waals surface area contributed by atoms with E-state index in [-0.39, 0.29) is 17.2 Å². The van der Waals surface area contributed by atoms with Crippen LogP contribution in [0.3, 0.4) is 0 Å². The van der Waals surface area contributed by atoms with E-state index in [1.54, 1.807) is 18.2 Å². The third kappa shape index (κ3) is 3.83. The third-order valence-electron chi connectivity index (χ3n) is 5.30. The highest BCUT2D eigenvalue weighted by Crippen LogP contribution is 2.29. The second-order valence-electron chi connectivity index (χ2n) is 7.65. The normalized spacial score (nSPS) is 15.7. The lowest BCUT2D eigenvalue weighted by Gasteiger charge is -2.17. The summed E-state index contributed by atoms with van der Waals surface area (Å²) >= 11 is 0. The SMILES string of the molecule is CC(C)C(/C=C1\OC(=O)NC1=O)c1ccc(-c2ccc3cccc(C#N)c3c2)[nH]c1=O. The lowest BCUT2D eigenvalue weighted by atomic mass is 9.88. The lowest BCUT2D eigenvalue weighted by Crippen LogP contribution is -2.21. The first-order valence-corrected chi connectivity index (χ1v) is 9.79. The van der Waals surface area contributed by atoms with E-state index in [4.69, 9.17) is 4.74 Å². The van der Waals surface area contributed by atoms with Crippen LogP contribution in [0.4, 0.5) is 4.79 Å². The van der Waals surface area contributed by atoms with E-state index < -0.39 is 17.9 Å². The molecule has 0 spiro atoms. The highest BCUT2D eigenvalue weighted by Gasteiger charge is 2.29. The van der Waals surface area contributed by atoms with Gasteiger partial charge in [-0.1, -0.05) is 44.2 Å². The number of hydrogen-bond acceptors (Lipinski definition) is 5. The minimum atomic E-state index is -0.823. The molecule has 1 aliphatic rings. The van der Waals surface area contributed by atoms with E-state index in [0.29, 0.717) is 16.8 Å². The Hall–Kier alpha value is -4.18. The number of allylic oxidation sites excluding steroid dienone is 1. The predicted octanol–water partition coefficient (Wildman–Crippen LogP) is 3.96. The summed E-state index contributed by atoms with van der Waals surface area (Å²) in [5.74, 6) is -1.17. The van der Waals surface area contributed by atoms with Gasteiger partial charge >= 0.3 is 6.09 Å². The zero-order chi connectivity index (χ0) is 22.1. The van der Waals surface area contributed by atoms with Gasteiger partial charge in [-0.05, 0) is 41.1 Å². The van der Waals surface area contributed by atoms with Gasteiger partial charge in [-0.25, -0.2) is 4.79 Å². The van der Waals surface area contributed by atoms with Crippen LogP contribution in [0.1, 0.15) is 30.9 Å². The van der Waals surface area contributed by atoms with Gasteiger partial charge in [-0.2, -0.15) is 5.26 Å². The molecule has 154 valence electrons. The first-order chi connectivity index (χ1) is 14.9. The summed E-state index contributed by atoms with van der Waals surface area (Å²) < 4.78 is 4.89. The van der Waals surface area contributed by atoms with Crippen molar-refractivity contribution in [2.24, 2.45) is 5.92 Å². The minimum Gasteiger partial charge on any atom is -0.404 e. The Morgan fingerprint density at radius 1 is 1.06 bits per heavy atom. The fraction of sp³-hybridized carbons (Fsp3) is 0.167. The molecule has 0 aliphatic carbocycles. The van der Waals surface area contributed by atoms with Crippen molar-refractivity contribution in [1.82, 2.24) is 10.3 Å². The first kappa shape index (κ1) is 20.1. The number of aromatic amines is 1. The highest BCUT2D eigenvalue weighted by atomic mass is 16.6. The molecule has 7 nitrogen and oxygen atoms in total. The zero-order valence-electron chi connectivity index (χ0n) is 16.9. The van der Waals surface area contributed by atoms with E-state index in [9.17, 15) is 19.6 Å². The largest absolute Gasteiger partial charge is 0.419 e. The van der Waals surface area contributed by atoms with Crippen LogP contribution in [0.2, 0.25) is 0 Å². The maximum atomic E-state index is 12.9. The number of amides is 2. The molecule has 1 aliphatic heterocycles. The van der Waals surface area contributed by atoms with Gasteiger partial charge < -0.3 is 9.72 Å². The molecule has 7 heteroatoms. The molecule has 1 fully saturated rings. The highest BCUT2D eigenvalue weighted by molar-refractivity contribution is 6.07. The summed E-state index contributed by atoms with van der Waals surface area (Å²) in [6.45, 7) is 3.83. The number of imide groups is 1. The Kier molecular flexibility index (Phi) is 5.14. The van der Waals surface area contributed by atoms with E-state index >= 15 is 0 Å². The summed E-state index contributed by atoms with van der Waals surface area (Å²) in [5, 5.41) is 13.2. The van der Waals surface area contributed by atoms with Crippen molar-refractivity contribution in [3.8, 4) is 17.3 Å². The number of alkyl carbamates (subject to hydrolysis) is 1. The van der Waals surface area contributed by atoms with Gasteiger partial charge in [-0.15, -0.1) is 0 Å². The van der Waals surface area contributed by atoms with Crippen LogP contribution in [0.5, 0.6) is 0 Å². The minimum absolute atomic E-state index is 0.0228. The molecule has 0 radical (unpaired) electrons. The number of nitrogens with zero attached hydrogens (tertiary/aromatic N) is 1. The standard InChI is InChI=1S/C24H19N3O4/c1-13(2)18(11-21-23(29)27-24(30)31-21)17-8-9-20(26-22(17)28)15-7-6-14-4-3-5-16(12-25)19(14)10-15/h3-11,13,18H,1-2H3,(H,26,28)(H,27,29,30)/b21-11-. The van der Waals surface area contributed by atoms with Crippen LogP contribution >= 0.6 is 0 Å². The van der Waals surface area contributed by atoms with Crippen LogP contribution in [-0.2, 0) is 9.53 Å². The number of pyridine rings is 1. The first-order valence-electron chi connectivity index (χ1n) is 9.79. The number of fused-ring (bicyclic) bond motifs is 1. The Labute approximate surface area is 178 Å². The predicted molar refractivity (Wildman–Crippen MR) is 115 cm³/mol. The van der Waals surface area contributed by atoms with Crippen molar-refractivity contribution in [3.63, 3.8) is 0 Å². The monoisotopic (exact) mass is 413 g/mol. The molecule has 1 unspecified atom stereocenters. The molecule has 1 atom stereocenters. The third-order valence-corrected chi connectivity index (χ3v) is 5.30. The fourth-order valence-electron chi connectivity index (χ4n) is 3.69. The molecular weight excluding hydrogens is 394 g/mol. The van der Waals surface area contributed by atoms with Crippen LogP contribution < -0.4 is 10.9 Å². The number of ether oxygens (including phenoxy) is 1. The lowest BCUT2D eigenvalue weighted by molar-refractivity contribution is -0.116. The van der Waals surface area contributed by atoms with Crippen molar-refractivity contribution in [1.29, 1.82) is 5.26 Å². The second kappa shape index (κ2) is 7.92. The van der Waals surface area contributed by atoms with Crippen molar-refractivity contribution >= 4 is 22.8 Å². The molecule has 2 aromatic carbocycles. The Bertz CT molecular complexity index is 1340. The number of hydrogen-bond donors (Lipinski definition) is 2. The molecule has 2 amide bonds. The molecule has 31 heavy (non-hydrogen) atoms. The Morgan fingerprint density at radius 3 is 2.52 bits per heavy atom. The van der Waals surface area contributed by atoms with Crippen LogP contribution in [0, 0.1) is 17.2 Å². The van der Waals surface area contributed by atoms with E-state index in [1.165, 1.54) is 6.08 Å². The number of cyclic esters (lactones) is 1. The fourth-order valence-corrected chi connectivity index (χ4v) is 3.69. The maximum absolute atomic E-state index is 12.9. The maximum Gasteiger partial charge on any atom is 0.419 e. The van der Waals surface area contributed by atoms with E-state index in [0.717, 1.165) is 16.3 Å². The summed E-state index contributed by atoms with van der Waals surface area (Å²) in [6.07, 6.45) is 0.681. The summed E-state index contributed by atoms with van der Waals surface area (Å²) in [5.41, 5.74) is 2.12. The average molecular weight is 413 g/mol. The number of rotatable bonds is 4. The molecule has 0 saturated carbocycles.